The number of nitrogens with two attached hydrogens (primary N) is 1. The zero-order valence-electron chi connectivity index (χ0n) is 11.6. The van der Waals surface area contributed by atoms with Crippen molar-refractivity contribution < 1.29 is 0 Å². The number of hydrogen-bond donors (Lipinski definition) is 1. The van der Waals surface area contributed by atoms with Crippen LogP contribution in [0.25, 0.3) is 0 Å². The van der Waals surface area contributed by atoms with Crippen LogP contribution < -0.4 is 5.73 Å². The van der Waals surface area contributed by atoms with Gasteiger partial charge in [-0.3, -0.25) is 0 Å². The second kappa shape index (κ2) is 37.9. The van der Waals surface area contributed by atoms with Gasteiger partial charge in [-0.05, 0) is 26.8 Å². The van der Waals surface area contributed by atoms with Crippen LogP contribution in [-0.4, -0.2) is 7.05 Å². The molecule has 0 aliphatic carbocycles. The Bertz CT molecular complexity index is 117. The number of hydrogen-bond acceptors (Lipinski definition) is 1. The van der Waals surface area contributed by atoms with Gasteiger partial charge < -0.3 is 5.73 Å². The SMILES string of the molecule is C/C=C\C=C(CC)CC.C=C.CC.CN. The third kappa shape index (κ3) is 32.0. The second-order valence-corrected chi connectivity index (χ2v) is 2.06. The summed E-state index contributed by atoms with van der Waals surface area (Å²) >= 11 is 0. The van der Waals surface area contributed by atoms with Crippen molar-refractivity contribution in [2.24, 2.45) is 5.73 Å². The van der Waals surface area contributed by atoms with Gasteiger partial charge in [0.25, 0.3) is 0 Å². The minimum absolute atomic E-state index is 1.18. The molecular weight excluding hydrogens is 182 g/mol. The monoisotopic (exact) mass is 213 g/mol. The molecule has 0 unspecified atom stereocenters. The molecule has 0 aromatic carbocycles. The standard InChI is InChI=1S/C9H16.C2H6.C2H4.CH5N/c1-4-7-8-9(5-2)6-3;3*1-2/h4,7-8H,5-6H2,1-3H3;1-2H3;1-2H2;2H2,1H3/b7-4-;;;. The predicted molar refractivity (Wildman–Crippen MR) is 76.2 cm³/mol. The molecule has 0 radical (unpaired) electrons. The van der Waals surface area contributed by atoms with E-state index in [-0.39, 0.29) is 0 Å². The maximum absolute atomic E-state index is 4.50. The Kier molecular flexibility index (Phi) is 60.1. The topological polar surface area (TPSA) is 26.0 Å². The maximum atomic E-state index is 4.50. The Balaban J connectivity index is -0.0000000860. The lowest BCUT2D eigenvalue weighted by molar-refractivity contribution is 0.978. The van der Waals surface area contributed by atoms with Crippen LogP contribution in [0.5, 0.6) is 0 Å². The summed E-state index contributed by atoms with van der Waals surface area (Å²) in [6, 6.07) is 0. The highest BCUT2D eigenvalue weighted by Gasteiger charge is 1.83. The summed E-state index contributed by atoms with van der Waals surface area (Å²) in [6.07, 6.45) is 8.72. The fourth-order valence-corrected chi connectivity index (χ4v) is 0.718. The first-order chi connectivity index (χ1) is 7.35. The molecule has 92 valence electrons. The Morgan fingerprint density at radius 3 is 1.60 bits per heavy atom. The molecule has 0 aromatic heterocycles. The van der Waals surface area contributed by atoms with Crippen molar-refractivity contribution in [3.63, 3.8) is 0 Å². The molecule has 1 nitrogen and oxygen atoms in total. The molecule has 15 heavy (non-hydrogen) atoms. The van der Waals surface area contributed by atoms with Crippen LogP contribution in [0.15, 0.2) is 37.0 Å². The van der Waals surface area contributed by atoms with Gasteiger partial charge in [0, 0.05) is 0 Å². The molecule has 0 aromatic rings. The first-order valence-corrected chi connectivity index (χ1v) is 5.73. The summed E-state index contributed by atoms with van der Waals surface area (Å²) in [4.78, 5) is 0. The highest BCUT2D eigenvalue weighted by Crippen LogP contribution is 2.04. The van der Waals surface area contributed by atoms with Crippen LogP contribution in [0.4, 0.5) is 0 Å². The Morgan fingerprint density at radius 2 is 1.40 bits per heavy atom. The number of rotatable bonds is 3. The van der Waals surface area contributed by atoms with Crippen LogP contribution in [0, 0.1) is 0 Å². The zero-order chi connectivity index (χ0) is 13.1. The van der Waals surface area contributed by atoms with Crippen LogP contribution >= 0.6 is 0 Å². The van der Waals surface area contributed by atoms with Gasteiger partial charge in [-0.15, -0.1) is 13.2 Å². The molecule has 0 fully saturated rings. The summed E-state index contributed by atoms with van der Waals surface area (Å²) in [5.41, 5.74) is 6.02. The first kappa shape index (κ1) is 23.8. The smallest absolute Gasteiger partial charge is 0.0195 e. The van der Waals surface area contributed by atoms with Crippen LogP contribution in [0.1, 0.15) is 47.5 Å². The molecular formula is C14H31N. The Morgan fingerprint density at radius 1 is 1.07 bits per heavy atom. The second-order valence-electron chi connectivity index (χ2n) is 2.06. The van der Waals surface area contributed by atoms with Gasteiger partial charge in [0.15, 0.2) is 0 Å². The highest BCUT2D eigenvalue weighted by molar-refractivity contribution is 5.10. The fraction of sp³-hybridized carbons (Fsp3) is 0.571. The molecule has 0 heterocycles. The summed E-state index contributed by atoms with van der Waals surface area (Å²) in [6.45, 7) is 16.4. The van der Waals surface area contributed by atoms with Crippen molar-refractivity contribution in [1.29, 1.82) is 0 Å². The zero-order valence-corrected chi connectivity index (χ0v) is 11.6. The normalized spacial score (nSPS) is 7.13. The van der Waals surface area contributed by atoms with E-state index in [0.29, 0.717) is 0 Å². The minimum atomic E-state index is 1.18. The van der Waals surface area contributed by atoms with Gasteiger partial charge >= 0.3 is 0 Å². The van der Waals surface area contributed by atoms with E-state index >= 15 is 0 Å². The first-order valence-electron chi connectivity index (χ1n) is 5.73. The molecule has 0 atom stereocenters. The third-order valence-electron chi connectivity index (χ3n) is 1.43. The quantitative estimate of drug-likeness (QED) is 0.533. The van der Waals surface area contributed by atoms with E-state index < -0.39 is 0 Å². The minimum Gasteiger partial charge on any atom is -0.333 e. The lowest BCUT2D eigenvalue weighted by Crippen LogP contribution is -1.73. The summed E-state index contributed by atoms with van der Waals surface area (Å²) in [5, 5.41) is 0. The average Bonchev–Trinajstić information content (AvgIpc) is 2.38. The van der Waals surface area contributed by atoms with E-state index in [1.54, 1.807) is 0 Å². The van der Waals surface area contributed by atoms with Crippen LogP contribution in [0.3, 0.4) is 0 Å². The Labute approximate surface area is 97.8 Å². The van der Waals surface area contributed by atoms with Gasteiger partial charge in [-0.2, -0.15) is 0 Å². The molecule has 0 spiro atoms. The van der Waals surface area contributed by atoms with Crippen molar-refractivity contribution in [2.75, 3.05) is 7.05 Å². The summed E-state index contributed by atoms with van der Waals surface area (Å²) in [5.74, 6) is 0. The van der Waals surface area contributed by atoms with Crippen LogP contribution in [-0.2, 0) is 0 Å². The lowest BCUT2D eigenvalue weighted by Gasteiger charge is -1.94. The molecule has 0 aliphatic heterocycles. The predicted octanol–water partition coefficient (Wildman–Crippen LogP) is 4.71. The van der Waals surface area contributed by atoms with E-state index in [1.165, 1.54) is 25.5 Å². The molecule has 0 amide bonds. The molecule has 0 rings (SSSR count). The highest BCUT2D eigenvalue weighted by atomic mass is 14.4. The third-order valence-corrected chi connectivity index (χ3v) is 1.43. The molecule has 0 saturated heterocycles. The van der Waals surface area contributed by atoms with Gasteiger partial charge in [-0.25, -0.2) is 0 Å². The van der Waals surface area contributed by atoms with Gasteiger partial charge in [0.1, 0.15) is 0 Å². The van der Waals surface area contributed by atoms with E-state index in [4.69, 9.17) is 0 Å². The summed E-state index contributed by atoms with van der Waals surface area (Å²) < 4.78 is 0. The van der Waals surface area contributed by atoms with Crippen molar-refractivity contribution in [3.05, 3.63) is 37.0 Å². The van der Waals surface area contributed by atoms with Crippen molar-refractivity contribution in [2.45, 2.75) is 47.5 Å². The molecule has 0 aliphatic rings. The van der Waals surface area contributed by atoms with Crippen molar-refractivity contribution in [1.82, 2.24) is 0 Å². The molecule has 0 bridgehead atoms. The average molecular weight is 213 g/mol. The molecule has 0 saturated carbocycles. The van der Waals surface area contributed by atoms with Crippen molar-refractivity contribution >= 4 is 0 Å². The van der Waals surface area contributed by atoms with Gasteiger partial charge in [0.05, 0.1) is 0 Å². The van der Waals surface area contributed by atoms with E-state index in [1.807, 2.05) is 20.8 Å². The summed E-state index contributed by atoms with van der Waals surface area (Å²) in [7, 11) is 1.50. The van der Waals surface area contributed by atoms with Gasteiger partial charge in [0.2, 0.25) is 0 Å². The van der Waals surface area contributed by atoms with E-state index in [0.717, 1.165) is 0 Å². The number of allylic oxidation sites excluding steroid dienone is 4. The van der Waals surface area contributed by atoms with Crippen molar-refractivity contribution in [3.8, 4) is 0 Å². The Hall–Kier alpha value is -0.820. The van der Waals surface area contributed by atoms with E-state index in [9.17, 15) is 0 Å². The lowest BCUT2D eigenvalue weighted by atomic mass is 10.1. The van der Waals surface area contributed by atoms with E-state index in [2.05, 4.69) is 51.0 Å². The molecule has 1 heteroatoms. The largest absolute Gasteiger partial charge is 0.333 e. The molecule has 2 N–H and O–H groups in total. The van der Waals surface area contributed by atoms with Gasteiger partial charge in [-0.1, -0.05) is 51.5 Å². The maximum Gasteiger partial charge on any atom is -0.0195 e. The fourth-order valence-electron chi connectivity index (χ4n) is 0.718. The van der Waals surface area contributed by atoms with Crippen LogP contribution in [0.2, 0.25) is 0 Å².